The van der Waals surface area contributed by atoms with E-state index in [1.54, 1.807) is 6.07 Å². The highest BCUT2D eigenvalue weighted by Crippen LogP contribution is 2.15. The number of nitrogens with two attached hydrogens (primary N) is 1. The molecular formula is C12H14N4O2. The van der Waals surface area contributed by atoms with Crippen LogP contribution in [0.2, 0.25) is 0 Å². The molecule has 2 aromatic rings. The van der Waals surface area contributed by atoms with Crippen molar-refractivity contribution in [3.8, 4) is 0 Å². The molecule has 0 saturated carbocycles. The number of anilines is 1. The summed E-state index contributed by atoms with van der Waals surface area (Å²) in [6, 6.07) is 5.38. The average molecular weight is 246 g/mol. The Balaban J connectivity index is 1.96. The Morgan fingerprint density at radius 2 is 2.33 bits per heavy atom. The van der Waals surface area contributed by atoms with Gasteiger partial charge in [0.1, 0.15) is 0 Å². The Morgan fingerprint density at radius 1 is 1.50 bits per heavy atom. The molecule has 6 nitrogen and oxygen atoms in total. The van der Waals surface area contributed by atoms with Crippen LogP contribution in [0.4, 0.5) is 5.69 Å². The molecule has 0 aliphatic heterocycles. The number of carbonyl (C=O) groups excluding carboxylic acids is 1. The monoisotopic (exact) mass is 246 g/mol. The normalized spacial score (nSPS) is 10.3. The van der Waals surface area contributed by atoms with E-state index >= 15 is 0 Å². The van der Waals surface area contributed by atoms with Gasteiger partial charge in [-0.25, -0.2) is 0 Å². The minimum Gasteiger partial charge on any atom is -0.398 e. The number of rotatable bonds is 4. The molecule has 0 bridgehead atoms. The Labute approximate surface area is 104 Å². The zero-order valence-electron chi connectivity index (χ0n) is 10.0. The van der Waals surface area contributed by atoms with Crippen molar-refractivity contribution < 1.29 is 9.32 Å². The van der Waals surface area contributed by atoms with Crippen molar-refractivity contribution in [3.63, 3.8) is 0 Å². The van der Waals surface area contributed by atoms with Gasteiger partial charge in [0.05, 0.1) is 5.56 Å². The van der Waals surface area contributed by atoms with Crippen LogP contribution < -0.4 is 11.1 Å². The molecule has 1 aromatic heterocycles. The highest BCUT2D eigenvalue weighted by atomic mass is 16.5. The first kappa shape index (κ1) is 12.1. The molecule has 0 fully saturated rings. The molecule has 0 unspecified atom stereocenters. The molecule has 2 rings (SSSR count). The third-order valence-electron chi connectivity index (χ3n) is 2.57. The van der Waals surface area contributed by atoms with Crippen molar-refractivity contribution in [3.05, 3.63) is 41.5 Å². The van der Waals surface area contributed by atoms with E-state index in [9.17, 15) is 4.79 Å². The maximum absolute atomic E-state index is 12.0. The van der Waals surface area contributed by atoms with Gasteiger partial charge in [-0.05, 0) is 18.6 Å². The van der Waals surface area contributed by atoms with Gasteiger partial charge in [0, 0.05) is 18.7 Å². The number of aryl methyl sites for hydroxylation is 1. The summed E-state index contributed by atoms with van der Waals surface area (Å²) in [5.74, 6) is 0.377. The molecule has 3 N–H and O–H groups in total. The second kappa shape index (κ2) is 5.31. The third kappa shape index (κ3) is 2.65. The number of benzene rings is 1. The van der Waals surface area contributed by atoms with E-state index in [1.165, 1.54) is 6.39 Å². The van der Waals surface area contributed by atoms with Crippen molar-refractivity contribution in [1.29, 1.82) is 0 Å². The van der Waals surface area contributed by atoms with Crippen LogP contribution in [0, 0.1) is 6.92 Å². The first-order valence-corrected chi connectivity index (χ1v) is 5.57. The van der Waals surface area contributed by atoms with E-state index in [0.717, 1.165) is 5.56 Å². The minimum absolute atomic E-state index is 0.186. The van der Waals surface area contributed by atoms with Crippen LogP contribution in [0.5, 0.6) is 0 Å². The lowest BCUT2D eigenvalue weighted by Gasteiger charge is -2.09. The Bertz CT molecular complexity index is 517. The molecular weight excluding hydrogens is 232 g/mol. The number of hydrogen-bond donors (Lipinski definition) is 2. The lowest BCUT2D eigenvalue weighted by atomic mass is 10.1. The van der Waals surface area contributed by atoms with E-state index < -0.39 is 0 Å². The van der Waals surface area contributed by atoms with Crippen LogP contribution in [-0.2, 0) is 6.42 Å². The highest BCUT2D eigenvalue weighted by Gasteiger charge is 2.12. The fraction of sp³-hybridized carbons (Fsp3) is 0.250. The van der Waals surface area contributed by atoms with Crippen molar-refractivity contribution in [2.75, 3.05) is 12.3 Å². The first-order chi connectivity index (χ1) is 8.68. The smallest absolute Gasteiger partial charge is 0.253 e. The van der Waals surface area contributed by atoms with Gasteiger partial charge in [0.15, 0.2) is 5.82 Å². The van der Waals surface area contributed by atoms with E-state index in [1.807, 2.05) is 19.1 Å². The fourth-order valence-electron chi connectivity index (χ4n) is 1.68. The number of nitrogens with zero attached hydrogens (tertiary/aromatic N) is 2. The molecule has 0 radical (unpaired) electrons. The summed E-state index contributed by atoms with van der Waals surface area (Å²) in [4.78, 5) is 15.8. The summed E-state index contributed by atoms with van der Waals surface area (Å²) in [7, 11) is 0. The van der Waals surface area contributed by atoms with Gasteiger partial charge in [-0.1, -0.05) is 17.3 Å². The lowest BCUT2D eigenvalue weighted by Crippen LogP contribution is -2.27. The molecule has 1 heterocycles. The van der Waals surface area contributed by atoms with Gasteiger partial charge < -0.3 is 15.6 Å². The molecule has 1 amide bonds. The first-order valence-electron chi connectivity index (χ1n) is 5.57. The Morgan fingerprint density at radius 3 is 3.00 bits per heavy atom. The summed E-state index contributed by atoms with van der Waals surface area (Å²) in [5, 5.41) is 6.44. The molecule has 94 valence electrons. The van der Waals surface area contributed by atoms with Gasteiger partial charge >= 0.3 is 0 Å². The molecule has 0 aliphatic carbocycles. The number of nitrogen functional groups attached to an aromatic ring is 1. The summed E-state index contributed by atoms with van der Waals surface area (Å²) < 4.78 is 4.60. The van der Waals surface area contributed by atoms with Crippen LogP contribution in [0.15, 0.2) is 29.1 Å². The largest absolute Gasteiger partial charge is 0.398 e. The maximum atomic E-state index is 12.0. The Kier molecular flexibility index (Phi) is 3.57. The summed E-state index contributed by atoms with van der Waals surface area (Å²) >= 11 is 0. The molecule has 0 atom stereocenters. The van der Waals surface area contributed by atoms with Gasteiger partial charge in [0.2, 0.25) is 6.39 Å². The van der Waals surface area contributed by atoms with Gasteiger partial charge in [-0.2, -0.15) is 4.98 Å². The number of carbonyl (C=O) groups is 1. The van der Waals surface area contributed by atoms with Crippen LogP contribution in [0.25, 0.3) is 0 Å². The van der Waals surface area contributed by atoms with E-state index in [-0.39, 0.29) is 5.91 Å². The fourth-order valence-corrected chi connectivity index (χ4v) is 1.68. The number of amides is 1. The zero-order valence-corrected chi connectivity index (χ0v) is 10.0. The van der Waals surface area contributed by atoms with Crippen molar-refractivity contribution in [1.82, 2.24) is 15.5 Å². The summed E-state index contributed by atoms with van der Waals surface area (Å²) in [6.07, 6.45) is 1.78. The lowest BCUT2D eigenvalue weighted by molar-refractivity contribution is 0.0954. The number of aromatic nitrogens is 2. The van der Waals surface area contributed by atoms with Crippen LogP contribution in [0.3, 0.4) is 0 Å². The Hall–Kier alpha value is -2.37. The van der Waals surface area contributed by atoms with Gasteiger partial charge in [-0.15, -0.1) is 0 Å². The molecule has 18 heavy (non-hydrogen) atoms. The van der Waals surface area contributed by atoms with Crippen LogP contribution >= 0.6 is 0 Å². The second-order valence-corrected chi connectivity index (χ2v) is 3.89. The van der Waals surface area contributed by atoms with Crippen molar-refractivity contribution >= 4 is 11.6 Å². The van der Waals surface area contributed by atoms with Crippen molar-refractivity contribution in [2.24, 2.45) is 0 Å². The highest BCUT2D eigenvalue weighted by molar-refractivity contribution is 6.00. The van der Waals surface area contributed by atoms with Crippen molar-refractivity contribution in [2.45, 2.75) is 13.3 Å². The second-order valence-electron chi connectivity index (χ2n) is 3.89. The quantitative estimate of drug-likeness (QED) is 0.783. The van der Waals surface area contributed by atoms with E-state index in [2.05, 4.69) is 20.0 Å². The maximum Gasteiger partial charge on any atom is 0.253 e. The van der Waals surface area contributed by atoms with Gasteiger partial charge in [0.25, 0.3) is 5.91 Å². The molecule has 1 aromatic carbocycles. The van der Waals surface area contributed by atoms with Gasteiger partial charge in [-0.3, -0.25) is 4.79 Å². The SMILES string of the molecule is Cc1cccc(N)c1C(=O)NCCc1ncon1. The van der Waals surface area contributed by atoms with Crippen LogP contribution in [-0.4, -0.2) is 22.6 Å². The zero-order chi connectivity index (χ0) is 13.0. The molecule has 0 saturated heterocycles. The molecule has 0 spiro atoms. The standard InChI is InChI=1S/C12H14N4O2/c1-8-3-2-4-9(13)11(8)12(17)14-6-5-10-15-7-18-16-10/h2-4,7H,5-6,13H2,1H3,(H,14,17). The predicted molar refractivity (Wildman–Crippen MR) is 65.9 cm³/mol. The predicted octanol–water partition coefficient (Wildman–Crippen LogP) is 0.933. The van der Waals surface area contributed by atoms with E-state index in [0.29, 0.717) is 30.0 Å². The number of nitrogens with one attached hydrogen (secondary N) is 1. The molecule has 6 heteroatoms. The summed E-state index contributed by atoms with van der Waals surface area (Å²) in [5.41, 5.74) is 7.64. The number of hydrogen-bond acceptors (Lipinski definition) is 5. The third-order valence-corrected chi connectivity index (χ3v) is 2.57. The topological polar surface area (TPSA) is 94.0 Å². The summed E-state index contributed by atoms with van der Waals surface area (Å²) in [6.45, 7) is 2.29. The van der Waals surface area contributed by atoms with E-state index in [4.69, 9.17) is 5.73 Å². The van der Waals surface area contributed by atoms with Crippen LogP contribution in [0.1, 0.15) is 21.7 Å². The molecule has 0 aliphatic rings. The minimum atomic E-state index is -0.186. The average Bonchev–Trinajstić information content (AvgIpc) is 2.82.